The lowest BCUT2D eigenvalue weighted by Gasteiger charge is -2.31. The van der Waals surface area contributed by atoms with E-state index in [1.54, 1.807) is 0 Å². The molecule has 1 saturated carbocycles. The molecule has 108 valence electrons. The van der Waals surface area contributed by atoms with Crippen molar-refractivity contribution < 1.29 is 0 Å². The molecule has 1 N–H and O–H groups in total. The normalized spacial score (nSPS) is 23.3. The first-order chi connectivity index (χ1) is 9.79. The van der Waals surface area contributed by atoms with Crippen molar-refractivity contribution in [2.24, 2.45) is 13.0 Å². The van der Waals surface area contributed by atoms with Crippen LogP contribution in [0.5, 0.6) is 0 Å². The zero-order valence-electron chi connectivity index (χ0n) is 12.6. The van der Waals surface area contributed by atoms with Crippen molar-refractivity contribution in [3.8, 4) is 0 Å². The molecule has 3 rings (SSSR count). The van der Waals surface area contributed by atoms with Gasteiger partial charge in [0, 0.05) is 18.5 Å². The van der Waals surface area contributed by atoms with Gasteiger partial charge in [-0.1, -0.05) is 38.0 Å². The van der Waals surface area contributed by atoms with Crippen molar-refractivity contribution in [2.75, 3.05) is 6.54 Å². The number of para-hydroxylation sites is 1. The monoisotopic (exact) mass is 271 g/mol. The van der Waals surface area contributed by atoms with E-state index in [1.807, 2.05) is 4.68 Å². The van der Waals surface area contributed by atoms with Gasteiger partial charge in [0.25, 0.3) is 0 Å². The molecule has 0 spiro atoms. The summed E-state index contributed by atoms with van der Waals surface area (Å²) < 4.78 is 2.02. The van der Waals surface area contributed by atoms with E-state index in [0.29, 0.717) is 6.04 Å². The molecule has 1 aromatic heterocycles. The van der Waals surface area contributed by atoms with Crippen LogP contribution >= 0.6 is 0 Å². The Bertz CT molecular complexity index is 571. The van der Waals surface area contributed by atoms with Gasteiger partial charge in [0.1, 0.15) is 0 Å². The number of rotatable bonds is 4. The molecule has 0 bridgehead atoms. The predicted octanol–water partition coefficient (Wildman–Crippen LogP) is 3.28. The summed E-state index contributed by atoms with van der Waals surface area (Å²) in [5, 5.41) is 9.77. The Kier molecular flexibility index (Phi) is 4.06. The average Bonchev–Trinajstić information content (AvgIpc) is 2.79. The summed E-state index contributed by atoms with van der Waals surface area (Å²) in [5.41, 5.74) is 2.52. The van der Waals surface area contributed by atoms with Crippen LogP contribution in [0.25, 0.3) is 10.9 Å². The third-order valence-electron chi connectivity index (χ3n) is 4.67. The van der Waals surface area contributed by atoms with E-state index in [1.165, 1.54) is 42.3 Å². The molecule has 1 aliphatic carbocycles. The minimum atomic E-state index is 0.675. The minimum absolute atomic E-state index is 0.675. The SMILES string of the molecule is CCNC1CCCCC1Cc1nn(C)c2ccccc12. The van der Waals surface area contributed by atoms with E-state index in [9.17, 15) is 0 Å². The maximum absolute atomic E-state index is 4.77. The molecule has 0 aliphatic heterocycles. The average molecular weight is 271 g/mol. The molecule has 0 radical (unpaired) electrons. The Hall–Kier alpha value is -1.35. The van der Waals surface area contributed by atoms with Crippen LogP contribution in [0.1, 0.15) is 38.3 Å². The third-order valence-corrected chi connectivity index (χ3v) is 4.67. The second kappa shape index (κ2) is 5.96. The Morgan fingerprint density at radius 2 is 2.05 bits per heavy atom. The van der Waals surface area contributed by atoms with Gasteiger partial charge in [0.05, 0.1) is 11.2 Å². The van der Waals surface area contributed by atoms with Crippen LogP contribution < -0.4 is 5.32 Å². The summed E-state index contributed by atoms with van der Waals surface area (Å²) in [7, 11) is 2.05. The Morgan fingerprint density at radius 1 is 1.25 bits per heavy atom. The van der Waals surface area contributed by atoms with Gasteiger partial charge in [-0.3, -0.25) is 4.68 Å². The highest BCUT2D eigenvalue weighted by molar-refractivity contribution is 5.81. The summed E-state index contributed by atoms with van der Waals surface area (Å²) in [6.07, 6.45) is 6.51. The van der Waals surface area contributed by atoms with Crippen molar-refractivity contribution in [3.63, 3.8) is 0 Å². The molecule has 2 aromatic rings. The van der Waals surface area contributed by atoms with E-state index in [2.05, 4.69) is 43.6 Å². The van der Waals surface area contributed by atoms with Crippen LogP contribution in [0.3, 0.4) is 0 Å². The van der Waals surface area contributed by atoms with Gasteiger partial charge < -0.3 is 5.32 Å². The molecule has 1 fully saturated rings. The second-order valence-corrected chi connectivity index (χ2v) is 6.00. The molecular formula is C17H25N3. The molecular weight excluding hydrogens is 246 g/mol. The number of nitrogens with zero attached hydrogens (tertiary/aromatic N) is 2. The van der Waals surface area contributed by atoms with Crippen LogP contribution in [0.2, 0.25) is 0 Å². The number of nitrogens with one attached hydrogen (secondary N) is 1. The Morgan fingerprint density at radius 3 is 2.90 bits per heavy atom. The van der Waals surface area contributed by atoms with Crippen LogP contribution in [-0.2, 0) is 13.5 Å². The molecule has 3 nitrogen and oxygen atoms in total. The minimum Gasteiger partial charge on any atom is -0.314 e. The second-order valence-electron chi connectivity index (χ2n) is 6.00. The van der Waals surface area contributed by atoms with E-state index in [-0.39, 0.29) is 0 Å². The molecule has 1 aromatic carbocycles. The van der Waals surface area contributed by atoms with E-state index < -0.39 is 0 Å². The van der Waals surface area contributed by atoms with Crippen LogP contribution in [0.15, 0.2) is 24.3 Å². The molecule has 2 unspecified atom stereocenters. The van der Waals surface area contributed by atoms with Gasteiger partial charge >= 0.3 is 0 Å². The maximum Gasteiger partial charge on any atom is 0.0706 e. The summed E-state index contributed by atoms with van der Waals surface area (Å²) in [5.74, 6) is 0.738. The van der Waals surface area contributed by atoms with E-state index in [0.717, 1.165) is 18.9 Å². The van der Waals surface area contributed by atoms with Crippen molar-refractivity contribution in [2.45, 2.75) is 45.1 Å². The molecule has 0 saturated heterocycles. The predicted molar refractivity (Wildman–Crippen MR) is 83.8 cm³/mol. The van der Waals surface area contributed by atoms with Crippen LogP contribution in [0, 0.1) is 5.92 Å². The highest BCUT2D eigenvalue weighted by atomic mass is 15.3. The molecule has 2 atom stereocenters. The first-order valence-corrected chi connectivity index (χ1v) is 7.93. The van der Waals surface area contributed by atoms with Crippen LogP contribution in [0.4, 0.5) is 0 Å². The number of benzene rings is 1. The van der Waals surface area contributed by atoms with Gasteiger partial charge in [-0.2, -0.15) is 5.10 Å². The summed E-state index contributed by atoms with van der Waals surface area (Å²) >= 11 is 0. The molecule has 20 heavy (non-hydrogen) atoms. The quantitative estimate of drug-likeness (QED) is 0.925. The van der Waals surface area contributed by atoms with Crippen molar-refractivity contribution in [1.82, 2.24) is 15.1 Å². The van der Waals surface area contributed by atoms with Crippen molar-refractivity contribution >= 4 is 10.9 Å². The van der Waals surface area contributed by atoms with Gasteiger partial charge in [0.15, 0.2) is 0 Å². The first kappa shape index (κ1) is 13.6. The Balaban J connectivity index is 1.84. The van der Waals surface area contributed by atoms with Gasteiger partial charge in [-0.15, -0.1) is 0 Å². The molecule has 1 heterocycles. The number of aromatic nitrogens is 2. The smallest absolute Gasteiger partial charge is 0.0706 e. The fourth-order valence-corrected chi connectivity index (χ4v) is 3.67. The standard InChI is InChI=1S/C17H25N3/c1-3-18-15-10-6-4-8-13(15)12-16-14-9-5-7-11-17(14)20(2)19-16/h5,7,9,11,13,15,18H,3-4,6,8,10,12H2,1-2H3. The zero-order valence-corrected chi connectivity index (χ0v) is 12.6. The fraction of sp³-hybridized carbons (Fsp3) is 0.588. The number of aryl methyl sites for hydroxylation is 1. The summed E-state index contributed by atoms with van der Waals surface area (Å²) in [6, 6.07) is 9.26. The maximum atomic E-state index is 4.77. The number of fused-ring (bicyclic) bond motifs is 1. The Labute approximate surface area is 121 Å². The highest BCUT2D eigenvalue weighted by Gasteiger charge is 2.26. The van der Waals surface area contributed by atoms with Crippen molar-refractivity contribution in [3.05, 3.63) is 30.0 Å². The highest BCUT2D eigenvalue weighted by Crippen LogP contribution is 2.29. The third kappa shape index (κ3) is 2.59. The molecule has 1 aliphatic rings. The molecule has 3 heteroatoms. The van der Waals surface area contributed by atoms with Crippen molar-refractivity contribution in [1.29, 1.82) is 0 Å². The number of hydrogen-bond acceptors (Lipinski definition) is 2. The topological polar surface area (TPSA) is 29.9 Å². The van der Waals surface area contributed by atoms with Crippen LogP contribution in [-0.4, -0.2) is 22.4 Å². The van der Waals surface area contributed by atoms with E-state index >= 15 is 0 Å². The largest absolute Gasteiger partial charge is 0.314 e. The molecule has 0 amide bonds. The summed E-state index contributed by atoms with van der Waals surface area (Å²) in [4.78, 5) is 0. The zero-order chi connectivity index (χ0) is 13.9. The lowest BCUT2D eigenvalue weighted by molar-refractivity contribution is 0.263. The number of hydrogen-bond donors (Lipinski definition) is 1. The van der Waals surface area contributed by atoms with Gasteiger partial charge in [0.2, 0.25) is 0 Å². The lowest BCUT2D eigenvalue weighted by Crippen LogP contribution is -2.39. The first-order valence-electron chi connectivity index (χ1n) is 7.93. The lowest BCUT2D eigenvalue weighted by atomic mass is 9.81. The van der Waals surface area contributed by atoms with Gasteiger partial charge in [-0.05, 0) is 37.8 Å². The van der Waals surface area contributed by atoms with E-state index in [4.69, 9.17) is 5.10 Å². The summed E-state index contributed by atoms with van der Waals surface area (Å²) in [6.45, 7) is 3.28. The van der Waals surface area contributed by atoms with Gasteiger partial charge in [-0.25, -0.2) is 0 Å². The fourth-order valence-electron chi connectivity index (χ4n) is 3.67.